The number of nitrogens with zero attached hydrogens (tertiary/aromatic N) is 2. The van der Waals surface area contributed by atoms with Gasteiger partial charge in [0.2, 0.25) is 0 Å². The fraction of sp³-hybridized carbons (Fsp3) is 0.562. The zero-order valence-electron chi connectivity index (χ0n) is 13.9. The second-order valence-electron chi connectivity index (χ2n) is 5.21. The van der Waals surface area contributed by atoms with Crippen LogP contribution >= 0.6 is 0 Å². The van der Waals surface area contributed by atoms with Crippen LogP contribution < -0.4 is 10.6 Å². The van der Waals surface area contributed by atoms with Crippen LogP contribution in [0.15, 0.2) is 29.3 Å². The van der Waals surface area contributed by atoms with Crippen LogP contribution in [0.4, 0.5) is 13.2 Å². The highest BCUT2D eigenvalue weighted by molar-refractivity contribution is 5.79. The monoisotopic (exact) mass is 330 g/mol. The van der Waals surface area contributed by atoms with Gasteiger partial charge >= 0.3 is 6.18 Å². The molecule has 0 radical (unpaired) electrons. The van der Waals surface area contributed by atoms with Gasteiger partial charge in [0.15, 0.2) is 5.96 Å². The van der Waals surface area contributed by atoms with E-state index in [1.807, 2.05) is 14.0 Å². The summed E-state index contributed by atoms with van der Waals surface area (Å²) in [5.74, 6) is 0.664. The molecule has 1 aromatic carbocycles. The fourth-order valence-electron chi connectivity index (χ4n) is 1.83. The maximum atomic E-state index is 12.5. The van der Waals surface area contributed by atoms with Crippen LogP contribution in [0.5, 0.6) is 0 Å². The van der Waals surface area contributed by atoms with E-state index in [1.165, 1.54) is 12.1 Å². The number of benzene rings is 1. The molecule has 0 aliphatic carbocycles. The molecule has 7 heteroatoms. The standard InChI is InChI=1S/C16H25F3N4/c1-4-20-15(21-10-11-23(3)5-2)22-12-13-6-8-14(9-7-13)16(17,18)19/h6-9H,4-5,10-12H2,1-3H3,(H2,20,21,22). The Morgan fingerprint density at radius 1 is 1.13 bits per heavy atom. The molecule has 0 aliphatic rings. The first-order chi connectivity index (χ1) is 10.9. The predicted molar refractivity (Wildman–Crippen MR) is 87.4 cm³/mol. The zero-order valence-corrected chi connectivity index (χ0v) is 13.9. The molecule has 0 saturated heterocycles. The van der Waals surface area contributed by atoms with Crippen LogP contribution in [0.2, 0.25) is 0 Å². The van der Waals surface area contributed by atoms with Crippen LogP contribution in [0, 0.1) is 0 Å². The minimum atomic E-state index is -4.30. The van der Waals surface area contributed by atoms with Gasteiger partial charge < -0.3 is 15.5 Å². The van der Waals surface area contributed by atoms with Crippen LogP contribution in [-0.4, -0.2) is 44.1 Å². The molecule has 0 fully saturated rings. The number of rotatable bonds is 7. The molecule has 23 heavy (non-hydrogen) atoms. The number of alkyl halides is 3. The van der Waals surface area contributed by atoms with E-state index in [4.69, 9.17) is 0 Å². The molecule has 0 amide bonds. The van der Waals surface area contributed by atoms with Gasteiger partial charge in [0.1, 0.15) is 0 Å². The van der Waals surface area contributed by atoms with Crippen molar-refractivity contribution < 1.29 is 13.2 Å². The van der Waals surface area contributed by atoms with Gasteiger partial charge in [0, 0.05) is 19.6 Å². The summed E-state index contributed by atoms with van der Waals surface area (Å²) in [5, 5.41) is 6.33. The first kappa shape index (κ1) is 19.3. The van der Waals surface area contributed by atoms with Gasteiger partial charge in [-0.25, -0.2) is 4.99 Å². The number of nitrogens with one attached hydrogen (secondary N) is 2. The molecule has 0 atom stereocenters. The molecule has 0 unspecified atom stereocenters. The smallest absolute Gasteiger partial charge is 0.357 e. The first-order valence-corrected chi connectivity index (χ1v) is 7.73. The Hall–Kier alpha value is -1.76. The fourth-order valence-corrected chi connectivity index (χ4v) is 1.83. The second kappa shape index (κ2) is 9.39. The zero-order chi connectivity index (χ0) is 17.3. The lowest BCUT2D eigenvalue weighted by Gasteiger charge is -2.16. The molecule has 0 spiro atoms. The SMILES string of the molecule is CCNC(=NCc1ccc(C(F)(F)F)cc1)NCCN(C)CC. The molecule has 0 heterocycles. The molecule has 1 rings (SSSR count). The van der Waals surface area contributed by atoms with Crippen molar-refractivity contribution in [2.75, 3.05) is 33.2 Å². The Morgan fingerprint density at radius 2 is 1.78 bits per heavy atom. The molecule has 2 N–H and O–H groups in total. The van der Waals surface area contributed by atoms with Crippen molar-refractivity contribution >= 4 is 5.96 Å². The van der Waals surface area contributed by atoms with Crippen molar-refractivity contribution in [1.82, 2.24) is 15.5 Å². The number of hydrogen-bond donors (Lipinski definition) is 2. The summed E-state index contributed by atoms with van der Waals surface area (Å²) in [5.41, 5.74) is 0.0961. The van der Waals surface area contributed by atoms with E-state index >= 15 is 0 Å². The quantitative estimate of drug-likeness (QED) is 0.596. The Bertz CT molecular complexity index is 483. The van der Waals surface area contributed by atoms with E-state index in [1.54, 1.807) is 0 Å². The van der Waals surface area contributed by atoms with Crippen LogP contribution in [0.25, 0.3) is 0 Å². The Labute approximate surface area is 135 Å². The average molecular weight is 330 g/mol. The number of hydrogen-bond acceptors (Lipinski definition) is 2. The maximum Gasteiger partial charge on any atom is 0.416 e. The van der Waals surface area contributed by atoms with Gasteiger partial charge in [-0.1, -0.05) is 19.1 Å². The highest BCUT2D eigenvalue weighted by Crippen LogP contribution is 2.29. The molecule has 1 aromatic rings. The minimum Gasteiger partial charge on any atom is -0.357 e. The third kappa shape index (κ3) is 7.36. The van der Waals surface area contributed by atoms with Crippen LogP contribution in [0.3, 0.4) is 0 Å². The molecular weight excluding hydrogens is 305 g/mol. The summed E-state index contributed by atoms with van der Waals surface area (Å²) in [6.45, 7) is 7.72. The molecular formula is C16H25F3N4. The van der Waals surface area contributed by atoms with E-state index in [0.29, 0.717) is 12.5 Å². The average Bonchev–Trinajstić information content (AvgIpc) is 2.52. The van der Waals surface area contributed by atoms with Crippen LogP contribution in [-0.2, 0) is 12.7 Å². The number of likely N-dealkylation sites (N-methyl/N-ethyl adjacent to an activating group) is 1. The highest BCUT2D eigenvalue weighted by Gasteiger charge is 2.29. The van der Waals surface area contributed by atoms with E-state index in [2.05, 4.69) is 27.4 Å². The first-order valence-electron chi connectivity index (χ1n) is 7.73. The van der Waals surface area contributed by atoms with Gasteiger partial charge in [-0.15, -0.1) is 0 Å². The van der Waals surface area contributed by atoms with E-state index in [9.17, 15) is 13.2 Å². The van der Waals surface area contributed by atoms with E-state index in [0.717, 1.165) is 43.9 Å². The topological polar surface area (TPSA) is 39.7 Å². The predicted octanol–water partition coefficient (Wildman–Crippen LogP) is 2.71. The van der Waals surface area contributed by atoms with Crippen molar-refractivity contribution in [3.63, 3.8) is 0 Å². The number of guanidine groups is 1. The summed E-state index contributed by atoms with van der Waals surface area (Å²) in [7, 11) is 2.04. The van der Waals surface area contributed by atoms with Gasteiger partial charge in [-0.05, 0) is 38.2 Å². The maximum absolute atomic E-state index is 12.5. The third-order valence-electron chi connectivity index (χ3n) is 3.37. The van der Waals surface area contributed by atoms with E-state index in [-0.39, 0.29) is 0 Å². The Kier molecular flexibility index (Phi) is 7.88. The second-order valence-corrected chi connectivity index (χ2v) is 5.21. The van der Waals surface area contributed by atoms with Gasteiger partial charge in [-0.2, -0.15) is 13.2 Å². The van der Waals surface area contributed by atoms with Crippen LogP contribution in [0.1, 0.15) is 25.0 Å². The third-order valence-corrected chi connectivity index (χ3v) is 3.37. The summed E-state index contributed by atoms with van der Waals surface area (Å²) in [4.78, 5) is 6.57. The number of halogens is 3. The Morgan fingerprint density at radius 3 is 2.30 bits per heavy atom. The van der Waals surface area contributed by atoms with Crippen molar-refractivity contribution in [3.8, 4) is 0 Å². The summed E-state index contributed by atoms with van der Waals surface area (Å²) < 4.78 is 37.5. The van der Waals surface area contributed by atoms with Crippen molar-refractivity contribution in [2.45, 2.75) is 26.6 Å². The van der Waals surface area contributed by atoms with Gasteiger partial charge in [0.05, 0.1) is 12.1 Å². The summed E-state index contributed by atoms with van der Waals surface area (Å²) >= 11 is 0. The molecule has 0 aliphatic heterocycles. The van der Waals surface area contributed by atoms with E-state index < -0.39 is 11.7 Å². The molecule has 4 nitrogen and oxygen atoms in total. The largest absolute Gasteiger partial charge is 0.416 e. The lowest BCUT2D eigenvalue weighted by molar-refractivity contribution is -0.137. The summed E-state index contributed by atoms with van der Waals surface area (Å²) in [6.07, 6.45) is -4.30. The van der Waals surface area contributed by atoms with Gasteiger partial charge in [0.25, 0.3) is 0 Å². The van der Waals surface area contributed by atoms with Gasteiger partial charge in [-0.3, -0.25) is 0 Å². The van der Waals surface area contributed by atoms with Crippen molar-refractivity contribution in [2.24, 2.45) is 4.99 Å². The Balaban J connectivity index is 2.59. The molecule has 130 valence electrons. The highest BCUT2D eigenvalue weighted by atomic mass is 19.4. The lowest BCUT2D eigenvalue weighted by atomic mass is 10.1. The molecule has 0 bridgehead atoms. The summed E-state index contributed by atoms with van der Waals surface area (Å²) in [6, 6.07) is 5.09. The lowest BCUT2D eigenvalue weighted by Crippen LogP contribution is -2.40. The van der Waals surface area contributed by atoms with Crippen molar-refractivity contribution in [1.29, 1.82) is 0 Å². The van der Waals surface area contributed by atoms with Crippen molar-refractivity contribution in [3.05, 3.63) is 35.4 Å². The minimum absolute atomic E-state index is 0.330. The number of aliphatic imine (C=N–C) groups is 1. The molecule has 0 saturated carbocycles. The normalized spacial score (nSPS) is 12.6. The molecule has 0 aromatic heterocycles.